The summed E-state index contributed by atoms with van der Waals surface area (Å²) in [6.07, 6.45) is 2.05. The predicted octanol–water partition coefficient (Wildman–Crippen LogP) is 5.06. The fraction of sp³-hybridized carbons (Fsp3) is 0.190. The van der Waals surface area contributed by atoms with Gasteiger partial charge in [0.2, 0.25) is 5.91 Å². The van der Waals surface area contributed by atoms with Crippen molar-refractivity contribution in [3.8, 4) is 0 Å². The number of aliphatic imine (C=N–C) groups is 1. The highest BCUT2D eigenvalue weighted by Crippen LogP contribution is 2.32. The van der Waals surface area contributed by atoms with Gasteiger partial charge >= 0.3 is 5.97 Å². The monoisotopic (exact) mass is 448 g/mol. The summed E-state index contributed by atoms with van der Waals surface area (Å²) < 4.78 is 24.9. The van der Waals surface area contributed by atoms with Gasteiger partial charge in [-0.25, -0.2) is 9.79 Å². The van der Waals surface area contributed by atoms with Gasteiger partial charge in [0.15, 0.2) is 5.17 Å². The van der Waals surface area contributed by atoms with Crippen LogP contribution in [0.25, 0.3) is 0 Å². The van der Waals surface area contributed by atoms with E-state index in [0.29, 0.717) is 40.5 Å². The number of carboxylic acid groups (broad SMARTS) is 1. The summed E-state index contributed by atoms with van der Waals surface area (Å²) in [6.45, 7) is 3.99. The van der Waals surface area contributed by atoms with Crippen LogP contribution in [0.1, 0.15) is 15.9 Å². The maximum absolute atomic E-state index is 12.9. The second-order valence-corrected chi connectivity index (χ2v) is 8.55. The number of amidine groups is 1. The van der Waals surface area contributed by atoms with Crippen molar-refractivity contribution in [2.24, 2.45) is 4.99 Å². The molecule has 0 aromatic heterocycles. The number of alkyl halides is 2. The number of carbonyl (C=O) groups is 2. The smallest absolute Gasteiger partial charge is 0.335 e. The molecule has 1 heterocycles. The van der Waals surface area contributed by atoms with Gasteiger partial charge < -0.3 is 5.11 Å². The molecule has 1 saturated heterocycles. The lowest BCUT2D eigenvalue weighted by molar-refractivity contribution is -0.125. The van der Waals surface area contributed by atoms with Crippen molar-refractivity contribution in [1.29, 1.82) is 0 Å². The first-order chi connectivity index (χ1) is 14.4. The van der Waals surface area contributed by atoms with E-state index >= 15 is 0 Å². The Hall–Kier alpha value is -2.65. The van der Waals surface area contributed by atoms with Gasteiger partial charge in [-0.15, -0.1) is 6.58 Å². The third kappa shape index (κ3) is 5.48. The predicted molar refractivity (Wildman–Crippen MR) is 116 cm³/mol. The first-order valence-electron chi connectivity index (χ1n) is 8.92. The molecule has 0 radical (unpaired) electrons. The summed E-state index contributed by atoms with van der Waals surface area (Å²) in [5, 5.41) is 9.12. The van der Waals surface area contributed by atoms with Crippen LogP contribution in [0.15, 0.2) is 71.1 Å². The van der Waals surface area contributed by atoms with Gasteiger partial charge in [0.25, 0.3) is 5.76 Å². The number of hydrogen-bond acceptors (Lipinski definition) is 5. The highest BCUT2D eigenvalue weighted by Gasteiger charge is 2.37. The van der Waals surface area contributed by atoms with Crippen molar-refractivity contribution in [1.82, 2.24) is 4.90 Å². The van der Waals surface area contributed by atoms with Gasteiger partial charge in [-0.2, -0.15) is 8.78 Å². The maximum atomic E-state index is 12.9. The van der Waals surface area contributed by atoms with Crippen LogP contribution < -0.4 is 0 Å². The normalized spacial score (nSPS) is 17.7. The third-order valence-electron chi connectivity index (χ3n) is 4.24. The van der Waals surface area contributed by atoms with Gasteiger partial charge in [-0.3, -0.25) is 9.69 Å². The highest BCUT2D eigenvalue weighted by atomic mass is 32.2. The molecule has 5 nitrogen and oxygen atoms in total. The summed E-state index contributed by atoms with van der Waals surface area (Å²) in [4.78, 5) is 30.3. The largest absolute Gasteiger partial charge is 0.478 e. The molecule has 1 aliphatic rings. The molecule has 0 unspecified atom stereocenters. The Kier molecular flexibility index (Phi) is 7.28. The van der Waals surface area contributed by atoms with Gasteiger partial charge in [-0.1, -0.05) is 41.7 Å². The Morgan fingerprint density at radius 1 is 1.23 bits per heavy atom. The Balaban J connectivity index is 1.76. The molecular formula is C21H18F2N2O3S2. The molecule has 0 saturated carbocycles. The van der Waals surface area contributed by atoms with Crippen molar-refractivity contribution in [2.45, 2.75) is 22.3 Å². The number of hydrogen-bond donors (Lipinski definition) is 1. The zero-order valence-corrected chi connectivity index (χ0v) is 17.3. The molecule has 1 amide bonds. The average Bonchev–Trinajstić information content (AvgIpc) is 2.98. The van der Waals surface area contributed by atoms with E-state index in [4.69, 9.17) is 5.11 Å². The van der Waals surface area contributed by atoms with E-state index in [1.165, 1.54) is 28.8 Å². The maximum Gasteiger partial charge on any atom is 0.335 e. The van der Waals surface area contributed by atoms with Crippen LogP contribution in [-0.4, -0.2) is 44.6 Å². The summed E-state index contributed by atoms with van der Waals surface area (Å²) in [7, 11) is 0. The first kappa shape index (κ1) is 22.0. The molecule has 2 aromatic carbocycles. The summed E-state index contributed by atoms with van der Waals surface area (Å²) >= 11 is 1.80. The van der Waals surface area contributed by atoms with Crippen molar-refractivity contribution in [3.05, 3.63) is 72.3 Å². The Bertz CT molecular complexity index is 963. The fourth-order valence-electron chi connectivity index (χ4n) is 2.83. The number of thioether (sulfide) groups is 2. The molecule has 9 heteroatoms. The fourth-order valence-corrected chi connectivity index (χ4v) is 4.54. The lowest BCUT2D eigenvalue weighted by atomic mass is 10.1. The number of carbonyl (C=O) groups excluding carboxylic acids is 1. The molecule has 1 fully saturated rings. The number of aromatic carboxylic acids is 1. The van der Waals surface area contributed by atoms with Crippen LogP contribution in [0.4, 0.5) is 14.5 Å². The van der Waals surface area contributed by atoms with Gasteiger partial charge in [0.05, 0.1) is 16.5 Å². The van der Waals surface area contributed by atoms with Crippen LogP contribution in [0.2, 0.25) is 0 Å². The quantitative estimate of drug-likeness (QED) is 0.452. The molecule has 2 aromatic rings. The molecule has 0 bridgehead atoms. The SMILES string of the molecule is C=CCN1C(=O)[C@H](Cc2ccc(SC(F)F)cc2)SC1=Nc1ccc(C(=O)O)cc1. The number of halogens is 2. The zero-order chi connectivity index (χ0) is 21.7. The molecule has 30 heavy (non-hydrogen) atoms. The zero-order valence-electron chi connectivity index (χ0n) is 15.7. The summed E-state index contributed by atoms with van der Waals surface area (Å²) in [5.41, 5.74) is 1.56. The first-order valence-corrected chi connectivity index (χ1v) is 10.7. The standard InChI is InChI=1S/C21H18F2N2O3S2/c1-2-11-25-18(26)17(12-13-3-9-16(10-4-13)29-20(22)23)30-21(25)24-15-7-5-14(6-8-15)19(27)28/h2-10,17,20H,1,11-12H2,(H,27,28)/t17-/m0/s1. The molecular weight excluding hydrogens is 430 g/mol. The van der Waals surface area contributed by atoms with Crippen molar-refractivity contribution < 1.29 is 23.5 Å². The van der Waals surface area contributed by atoms with Crippen LogP contribution in [0.3, 0.4) is 0 Å². The number of rotatable bonds is 8. The second kappa shape index (κ2) is 9.90. The molecule has 1 atom stereocenters. The second-order valence-electron chi connectivity index (χ2n) is 6.32. The average molecular weight is 449 g/mol. The molecule has 1 N–H and O–H groups in total. The number of benzene rings is 2. The van der Waals surface area contributed by atoms with Crippen molar-refractivity contribution >= 4 is 46.3 Å². The van der Waals surface area contributed by atoms with E-state index in [2.05, 4.69) is 11.6 Å². The molecule has 0 aliphatic carbocycles. The minimum absolute atomic E-state index is 0.105. The van der Waals surface area contributed by atoms with Crippen LogP contribution in [-0.2, 0) is 11.2 Å². The van der Waals surface area contributed by atoms with E-state index in [9.17, 15) is 18.4 Å². The van der Waals surface area contributed by atoms with E-state index < -0.39 is 17.0 Å². The van der Waals surface area contributed by atoms with Gasteiger partial charge in [0.1, 0.15) is 0 Å². The molecule has 3 rings (SSSR count). The van der Waals surface area contributed by atoms with Crippen LogP contribution in [0.5, 0.6) is 0 Å². The van der Waals surface area contributed by atoms with E-state index in [1.807, 2.05) is 0 Å². The van der Waals surface area contributed by atoms with E-state index in [1.54, 1.807) is 42.5 Å². The molecule has 1 aliphatic heterocycles. The summed E-state index contributed by atoms with van der Waals surface area (Å²) in [6, 6.07) is 12.8. The van der Waals surface area contributed by atoms with Crippen LogP contribution in [0, 0.1) is 0 Å². The Labute approximate surface area is 180 Å². The van der Waals surface area contributed by atoms with E-state index in [0.717, 1.165) is 5.56 Å². The number of nitrogens with zero attached hydrogens (tertiary/aromatic N) is 2. The topological polar surface area (TPSA) is 70.0 Å². The van der Waals surface area contributed by atoms with Crippen molar-refractivity contribution in [2.75, 3.05) is 6.54 Å². The van der Waals surface area contributed by atoms with Crippen LogP contribution >= 0.6 is 23.5 Å². The third-order valence-corrected chi connectivity index (χ3v) is 6.14. The van der Waals surface area contributed by atoms with E-state index in [-0.39, 0.29) is 11.5 Å². The van der Waals surface area contributed by atoms with Gasteiger partial charge in [0, 0.05) is 11.4 Å². The molecule has 156 valence electrons. The molecule has 0 spiro atoms. The number of carboxylic acids is 1. The minimum atomic E-state index is -2.47. The minimum Gasteiger partial charge on any atom is -0.478 e. The highest BCUT2D eigenvalue weighted by molar-refractivity contribution is 8.15. The van der Waals surface area contributed by atoms with Crippen molar-refractivity contribution in [3.63, 3.8) is 0 Å². The van der Waals surface area contributed by atoms with Gasteiger partial charge in [-0.05, 0) is 48.4 Å². The Morgan fingerprint density at radius 3 is 2.47 bits per heavy atom. The lowest BCUT2D eigenvalue weighted by Crippen LogP contribution is -2.32. The Morgan fingerprint density at radius 2 is 1.90 bits per heavy atom. The summed E-state index contributed by atoms with van der Waals surface area (Å²) in [5.74, 6) is -3.60. The number of amides is 1. The lowest BCUT2D eigenvalue weighted by Gasteiger charge is -2.14.